The Hall–Kier alpha value is -3.06. The van der Waals surface area contributed by atoms with Crippen LogP contribution in [0.4, 0.5) is 4.79 Å². The summed E-state index contributed by atoms with van der Waals surface area (Å²) >= 11 is 0. The van der Waals surface area contributed by atoms with Gasteiger partial charge in [-0.05, 0) is 42.5 Å². The number of carbonyl (C=O) groups is 1. The van der Waals surface area contributed by atoms with Gasteiger partial charge in [-0.3, -0.25) is 4.57 Å². The van der Waals surface area contributed by atoms with Crippen molar-refractivity contribution in [3.05, 3.63) is 70.2 Å². The molecule has 1 atom stereocenters. The van der Waals surface area contributed by atoms with Crippen LogP contribution < -0.4 is 16.4 Å². The van der Waals surface area contributed by atoms with Crippen LogP contribution in [-0.2, 0) is 13.5 Å². The van der Waals surface area contributed by atoms with Gasteiger partial charge in [0.15, 0.2) is 5.58 Å². The van der Waals surface area contributed by atoms with Crippen molar-refractivity contribution in [1.82, 2.24) is 20.1 Å². The molecular formula is C23H28N4O3. The van der Waals surface area contributed by atoms with Crippen LogP contribution in [0.5, 0.6) is 0 Å². The number of oxazole rings is 1. The minimum absolute atomic E-state index is 0.0455. The van der Waals surface area contributed by atoms with E-state index in [1.807, 2.05) is 29.2 Å². The minimum atomic E-state index is -0.381. The average Bonchev–Trinajstić information content (AvgIpc) is 3.07. The molecule has 0 bridgehead atoms. The lowest BCUT2D eigenvalue weighted by molar-refractivity contribution is 0.158. The number of urea groups is 1. The highest BCUT2D eigenvalue weighted by molar-refractivity contribution is 5.76. The maximum atomic E-state index is 12.8. The SMILES string of the molecule is Cn1c(=O)oc2cc(C3CNCCN3C(=O)NCCCCc3ccccc3)ccc21. The fraction of sp³-hybridized carbons (Fsp3) is 0.391. The summed E-state index contributed by atoms with van der Waals surface area (Å²) in [6.45, 7) is 2.73. The van der Waals surface area contributed by atoms with Crippen molar-refractivity contribution >= 4 is 17.1 Å². The van der Waals surface area contributed by atoms with E-state index < -0.39 is 0 Å². The number of carbonyl (C=O) groups excluding carboxylic acids is 1. The predicted molar refractivity (Wildman–Crippen MR) is 117 cm³/mol. The zero-order valence-electron chi connectivity index (χ0n) is 17.3. The Bertz CT molecular complexity index is 1060. The fourth-order valence-electron chi connectivity index (χ4n) is 4.00. The molecule has 1 aliphatic heterocycles. The molecule has 2 N–H and O–H groups in total. The second-order valence-electron chi connectivity index (χ2n) is 7.74. The molecule has 1 saturated heterocycles. The lowest BCUT2D eigenvalue weighted by Crippen LogP contribution is -2.52. The second kappa shape index (κ2) is 9.17. The van der Waals surface area contributed by atoms with Crippen molar-refractivity contribution in [2.24, 2.45) is 7.05 Å². The third-order valence-corrected chi connectivity index (χ3v) is 5.72. The van der Waals surface area contributed by atoms with Crippen LogP contribution in [0.3, 0.4) is 0 Å². The van der Waals surface area contributed by atoms with Gasteiger partial charge < -0.3 is 20.0 Å². The highest BCUT2D eigenvalue weighted by Crippen LogP contribution is 2.25. The number of aromatic nitrogens is 1. The van der Waals surface area contributed by atoms with Crippen molar-refractivity contribution in [3.8, 4) is 0 Å². The average molecular weight is 409 g/mol. The van der Waals surface area contributed by atoms with E-state index in [-0.39, 0.29) is 17.8 Å². The number of fused-ring (bicyclic) bond motifs is 1. The van der Waals surface area contributed by atoms with Gasteiger partial charge in [0, 0.05) is 33.2 Å². The molecular weight excluding hydrogens is 380 g/mol. The van der Waals surface area contributed by atoms with Crippen molar-refractivity contribution in [3.63, 3.8) is 0 Å². The standard InChI is InChI=1S/C23H28N4O3/c1-26-19-11-10-18(15-21(19)30-23(26)29)20-16-24-13-14-27(20)22(28)25-12-6-5-9-17-7-3-2-4-8-17/h2-4,7-8,10-11,15,20,24H,5-6,9,12-14,16H2,1H3,(H,25,28). The van der Waals surface area contributed by atoms with E-state index in [0.29, 0.717) is 25.2 Å². The van der Waals surface area contributed by atoms with Gasteiger partial charge in [0.2, 0.25) is 0 Å². The maximum Gasteiger partial charge on any atom is 0.419 e. The molecule has 0 aliphatic carbocycles. The Labute approximate surface area is 175 Å². The first-order chi connectivity index (χ1) is 14.6. The summed E-state index contributed by atoms with van der Waals surface area (Å²) in [5.41, 5.74) is 3.59. The fourth-order valence-corrected chi connectivity index (χ4v) is 4.00. The smallest absolute Gasteiger partial charge is 0.408 e. The Kier molecular flexibility index (Phi) is 6.18. The van der Waals surface area contributed by atoms with Gasteiger partial charge in [-0.15, -0.1) is 0 Å². The normalized spacial score (nSPS) is 16.7. The van der Waals surface area contributed by atoms with Crippen molar-refractivity contribution in [1.29, 1.82) is 0 Å². The summed E-state index contributed by atoms with van der Waals surface area (Å²) in [6, 6.07) is 16.0. The molecule has 1 unspecified atom stereocenters. The Morgan fingerprint density at radius 3 is 2.87 bits per heavy atom. The van der Waals surface area contributed by atoms with Crippen LogP contribution >= 0.6 is 0 Å². The lowest BCUT2D eigenvalue weighted by Gasteiger charge is -2.36. The molecule has 2 aromatic carbocycles. The number of nitrogens with zero attached hydrogens (tertiary/aromatic N) is 2. The molecule has 0 radical (unpaired) electrons. The van der Waals surface area contributed by atoms with E-state index in [1.165, 1.54) is 10.1 Å². The number of hydrogen-bond donors (Lipinski definition) is 2. The Balaban J connectivity index is 1.36. The summed E-state index contributed by atoms with van der Waals surface area (Å²) in [4.78, 5) is 26.5. The molecule has 1 aromatic heterocycles. The van der Waals surface area contributed by atoms with Crippen LogP contribution in [0.1, 0.15) is 30.0 Å². The number of hydrogen-bond acceptors (Lipinski definition) is 4. The quantitative estimate of drug-likeness (QED) is 0.615. The number of rotatable bonds is 6. The molecule has 1 aliphatic rings. The zero-order valence-corrected chi connectivity index (χ0v) is 17.3. The molecule has 1 fully saturated rings. The summed E-state index contributed by atoms with van der Waals surface area (Å²) in [5.74, 6) is -0.381. The molecule has 2 heterocycles. The van der Waals surface area contributed by atoms with E-state index in [2.05, 4.69) is 34.9 Å². The molecule has 7 nitrogen and oxygen atoms in total. The minimum Gasteiger partial charge on any atom is -0.408 e. The van der Waals surface area contributed by atoms with Crippen LogP contribution in [0.15, 0.2) is 57.7 Å². The van der Waals surface area contributed by atoms with Crippen molar-refractivity contribution in [2.75, 3.05) is 26.2 Å². The van der Waals surface area contributed by atoms with Gasteiger partial charge >= 0.3 is 11.8 Å². The summed E-state index contributed by atoms with van der Waals surface area (Å²) in [5, 5.41) is 6.43. The number of piperazine rings is 1. The summed E-state index contributed by atoms with van der Waals surface area (Å²) < 4.78 is 6.81. The lowest BCUT2D eigenvalue weighted by atomic mass is 10.0. The van der Waals surface area contributed by atoms with Crippen molar-refractivity contribution in [2.45, 2.75) is 25.3 Å². The highest BCUT2D eigenvalue weighted by Gasteiger charge is 2.28. The summed E-state index contributed by atoms with van der Waals surface area (Å²) in [6.07, 6.45) is 3.01. The van der Waals surface area contributed by atoms with Crippen LogP contribution in [-0.4, -0.2) is 41.7 Å². The highest BCUT2D eigenvalue weighted by atomic mass is 16.4. The number of aryl methyl sites for hydroxylation is 2. The summed E-state index contributed by atoms with van der Waals surface area (Å²) in [7, 11) is 1.69. The molecule has 30 heavy (non-hydrogen) atoms. The third-order valence-electron chi connectivity index (χ3n) is 5.72. The predicted octanol–water partition coefficient (Wildman–Crippen LogP) is 2.81. The topological polar surface area (TPSA) is 79.5 Å². The Morgan fingerprint density at radius 1 is 1.20 bits per heavy atom. The molecule has 0 saturated carbocycles. The van der Waals surface area contributed by atoms with Gasteiger partial charge in [0.25, 0.3) is 0 Å². The largest absolute Gasteiger partial charge is 0.419 e. The molecule has 0 spiro atoms. The third kappa shape index (κ3) is 4.41. The first-order valence-corrected chi connectivity index (χ1v) is 10.5. The van der Waals surface area contributed by atoms with E-state index in [9.17, 15) is 9.59 Å². The molecule has 3 aromatic rings. The van der Waals surface area contributed by atoms with E-state index in [4.69, 9.17) is 4.42 Å². The molecule has 7 heteroatoms. The van der Waals surface area contributed by atoms with E-state index >= 15 is 0 Å². The van der Waals surface area contributed by atoms with Gasteiger partial charge in [0.1, 0.15) is 0 Å². The Morgan fingerprint density at radius 2 is 2.03 bits per heavy atom. The zero-order chi connectivity index (χ0) is 20.9. The molecule has 158 valence electrons. The van der Waals surface area contributed by atoms with Crippen molar-refractivity contribution < 1.29 is 9.21 Å². The monoisotopic (exact) mass is 408 g/mol. The first kappa shape index (κ1) is 20.2. The molecule has 2 amide bonds. The number of amides is 2. The molecule has 4 rings (SSSR count). The van der Waals surface area contributed by atoms with E-state index in [1.54, 1.807) is 7.05 Å². The number of nitrogens with one attached hydrogen (secondary N) is 2. The number of unbranched alkanes of at least 4 members (excludes halogenated alkanes) is 1. The van der Waals surface area contributed by atoms with Gasteiger partial charge in [-0.2, -0.15) is 0 Å². The van der Waals surface area contributed by atoms with Crippen LogP contribution in [0, 0.1) is 0 Å². The van der Waals surface area contributed by atoms with Gasteiger partial charge in [-0.1, -0.05) is 36.4 Å². The maximum absolute atomic E-state index is 12.8. The first-order valence-electron chi connectivity index (χ1n) is 10.5. The van der Waals surface area contributed by atoms with Gasteiger partial charge in [0.05, 0.1) is 11.6 Å². The van der Waals surface area contributed by atoms with E-state index in [0.717, 1.165) is 36.9 Å². The van der Waals surface area contributed by atoms with Crippen LogP contribution in [0.25, 0.3) is 11.1 Å². The van der Waals surface area contributed by atoms with Crippen LogP contribution in [0.2, 0.25) is 0 Å². The second-order valence-corrected chi connectivity index (χ2v) is 7.74. The van der Waals surface area contributed by atoms with Gasteiger partial charge in [-0.25, -0.2) is 9.59 Å². The number of benzene rings is 2.